The number of pyridine rings is 1. The van der Waals surface area contributed by atoms with Crippen LogP contribution < -0.4 is 4.57 Å². The summed E-state index contributed by atoms with van der Waals surface area (Å²) >= 11 is 0. The van der Waals surface area contributed by atoms with E-state index in [0.717, 1.165) is 12.0 Å². The smallest absolute Gasteiger partial charge is 0.258 e. The fourth-order valence-electron chi connectivity index (χ4n) is 2.07. The van der Waals surface area contributed by atoms with Crippen LogP contribution in [0, 0.1) is 10.1 Å². The van der Waals surface area contributed by atoms with Gasteiger partial charge >= 0.3 is 0 Å². The summed E-state index contributed by atoms with van der Waals surface area (Å²) < 4.78 is 2.00. The molecule has 4 heteroatoms. The molecule has 2 rings (SSSR count). The highest BCUT2D eigenvalue weighted by Gasteiger charge is 2.09. The Morgan fingerprint density at radius 3 is 2.26 bits per heavy atom. The first-order valence-corrected chi connectivity index (χ1v) is 6.25. The third-order valence-electron chi connectivity index (χ3n) is 3.26. The molecule has 0 radical (unpaired) electrons. The average molecular weight is 257 g/mol. The minimum Gasteiger partial charge on any atom is -0.258 e. The van der Waals surface area contributed by atoms with E-state index in [1.165, 1.54) is 5.56 Å². The van der Waals surface area contributed by atoms with Gasteiger partial charge in [-0.25, -0.2) is 4.57 Å². The standard InChI is InChI=1S/C15H17N2O2/c1-12(14-7-9-16(2)10-8-14)11-13-3-5-15(6-4-13)17(18)19/h3-10,12H,11H2,1-2H3/q+1. The highest BCUT2D eigenvalue weighted by atomic mass is 16.6. The van der Waals surface area contributed by atoms with Gasteiger partial charge in [-0.05, 0) is 23.5 Å². The van der Waals surface area contributed by atoms with E-state index in [1.807, 2.05) is 36.1 Å². The SMILES string of the molecule is CC(Cc1ccc([N+](=O)[O-])cc1)c1cc[n+](C)cc1. The van der Waals surface area contributed by atoms with Gasteiger partial charge in [-0.2, -0.15) is 0 Å². The normalized spacial score (nSPS) is 12.1. The molecular formula is C15H17N2O2+. The lowest BCUT2D eigenvalue weighted by molar-refractivity contribution is -0.671. The van der Waals surface area contributed by atoms with Gasteiger partial charge in [-0.1, -0.05) is 19.1 Å². The number of hydrogen-bond acceptors (Lipinski definition) is 2. The lowest BCUT2D eigenvalue weighted by atomic mass is 9.94. The summed E-state index contributed by atoms with van der Waals surface area (Å²) in [5, 5.41) is 10.6. The molecule has 1 unspecified atom stereocenters. The minimum absolute atomic E-state index is 0.142. The van der Waals surface area contributed by atoms with E-state index in [2.05, 4.69) is 19.1 Å². The van der Waals surface area contributed by atoms with E-state index >= 15 is 0 Å². The van der Waals surface area contributed by atoms with Crippen LogP contribution in [0.5, 0.6) is 0 Å². The van der Waals surface area contributed by atoms with Crippen molar-refractivity contribution < 1.29 is 9.49 Å². The molecule has 0 spiro atoms. The Labute approximate surface area is 112 Å². The van der Waals surface area contributed by atoms with E-state index in [0.29, 0.717) is 5.92 Å². The van der Waals surface area contributed by atoms with Gasteiger partial charge in [-0.15, -0.1) is 0 Å². The van der Waals surface area contributed by atoms with Gasteiger partial charge in [-0.3, -0.25) is 10.1 Å². The summed E-state index contributed by atoms with van der Waals surface area (Å²) in [6, 6.07) is 11.0. The quantitative estimate of drug-likeness (QED) is 0.480. The molecule has 0 saturated heterocycles. The second-order valence-electron chi connectivity index (χ2n) is 4.83. The first kappa shape index (κ1) is 13.2. The van der Waals surface area contributed by atoms with E-state index in [1.54, 1.807) is 12.1 Å². The number of rotatable bonds is 4. The fourth-order valence-corrected chi connectivity index (χ4v) is 2.07. The molecule has 1 aromatic carbocycles. The van der Waals surface area contributed by atoms with Crippen LogP contribution in [0.1, 0.15) is 24.0 Å². The zero-order chi connectivity index (χ0) is 13.8. The van der Waals surface area contributed by atoms with E-state index in [9.17, 15) is 10.1 Å². The number of nitro benzene ring substituents is 1. The first-order valence-electron chi connectivity index (χ1n) is 6.25. The predicted octanol–water partition coefficient (Wildman–Crippen LogP) is 2.77. The maximum atomic E-state index is 10.6. The van der Waals surface area contributed by atoms with Crippen LogP contribution in [-0.2, 0) is 13.5 Å². The van der Waals surface area contributed by atoms with E-state index in [4.69, 9.17) is 0 Å². The topological polar surface area (TPSA) is 47.0 Å². The number of aryl methyl sites for hydroxylation is 1. The van der Waals surface area contributed by atoms with Crippen molar-refractivity contribution in [3.05, 3.63) is 70.0 Å². The molecule has 2 aromatic rings. The van der Waals surface area contributed by atoms with Crippen LogP contribution in [0.4, 0.5) is 5.69 Å². The van der Waals surface area contributed by atoms with Crippen molar-refractivity contribution >= 4 is 5.69 Å². The molecule has 0 N–H and O–H groups in total. The second kappa shape index (κ2) is 5.61. The third kappa shape index (κ3) is 3.37. The third-order valence-corrected chi connectivity index (χ3v) is 3.26. The molecule has 1 heterocycles. The summed E-state index contributed by atoms with van der Waals surface area (Å²) in [6.45, 7) is 2.16. The maximum Gasteiger partial charge on any atom is 0.269 e. The van der Waals surface area contributed by atoms with Gasteiger partial charge in [0, 0.05) is 24.3 Å². The molecule has 0 fully saturated rings. The van der Waals surface area contributed by atoms with Crippen molar-refractivity contribution in [3.63, 3.8) is 0 Å². The van der Waals surface area contributed by atoms with Crippen molar-refractivity contribution in [2.45, 2.75) is 19.3 Å². The lowest BCUT2D eigenvalue weighted by Crippen LogP contribution is -2.26. The number of nitro groups is 1. The molecule has 0 bridgehead atoms. The molecule has 0 saturated carbocycles. The Bertz CT molecular complexity index is 562. The summed E-state index contributed by atoms with van der Waals surface area (Å²) in [7, 11) is 1.99. The number of aromatic nitrogens is 1. The zero-order valence-corrected chi connectivity index (χ0v) is 11.1. The molecule has 0 aliphatic heterocycles. The van der Waals surface area contributed by atoms with Crippen molar-refractivity contribution in [3.8, 4) is 0 Å². The maximum absolute atomic E-state index is 10.6. The molecule has 0 amide bonds. The van der Waals surface area contributed by atoms with Crippen molar-refractivity contribution in [1.29, 1.82) is 0 Å². The molecule has 98 valence electrons. The highest BCUT2D eigenvalue weighted by Crippen LogP contribution is 2.21. The molecule has 1 atom stereocenters. The van der Waals surface area contributed by atoms with Gasteiger partial charge in [0.25, 0.3) is 5.69 Å². The van der Waals surface area contributed by atoms with Gasteiger partial charge in [0.15, 0.2) is 12.4 Å². The Morgan fingerprint density at radius 1 is 1.16 bits per heavy atom. The summed E-state index contributed by atoms with van der Waals surface area (Å²) in [4.78, 5) is 10.2. The zero-order valence-electron chi connectivity index (χ0n) is 11.1. The van der Waals surface area contributed by atoms with Gasteiger partial charge < -0.3 is 0 Å². The Hall–Kier alpha value is -2.23. The first-order chi connectivity index (χ1) is 9.06. The largest absolute Gasteiger partial charge is 0.269 e. The molecule has 4 nitrogen and oxygen atoms in total. The monoisotopic (exact) mass is 257 g/mol. The second-order valence-corrected chi connectivity index (χ2v) is 4.83. The lowest BCUT2D eigenvalue weighted by Gasteiger charge is -2.10. The van der Waals surface area contributed by atoms with E-state index < -0.39 is 0 Å². The van der Waals surface area contributed by atoms with Crippen molar-refractivity contribution in [2.75, 3.05) is 0 Å². The van der Waals surface area contributed by atoms with Crippen LogP contribution >= 0.6 is 0 Å². The van der Waals surface area contributed by atoms with Crippen LogP contribution in [0.15, 0.2) is 48.8 Å². The van der Waals surface area contributed by atoms with Gasteiger partial charge in [0.2, 0.25) is 0 Å². The summed E-state index contributed by atoms with van der Waals surface area (Å²) in [5.74, 6) is 0.391. The molecule has 19 heavy (non-hydrogen) atoms. The predicted molar refractivity (Wildman–Crippen MR) is 72.8 cm³/mol. The van der Waals surface area contributed by atoms with E-state index in [-0.39, 0.29) is 10.6 Å². The minimum atomic E-state index is -0.371. The van der Waals surface area contributed by atoms with Crippen LogP contribution in [0.25, 0.3) is 0 Å². The molecule has 0 aliphatic carbocycles. The number of nitrogens with zero attached hydrogens (tertiary/aromatic N) is 2. The van der Waals surface area contributed by atoms with Gasteiger partial charge in [0.1, 0.15) is 7.05 Å². The summed E-state index contributed by atoms with van der Waals surface area (Å²) in [5.41, 5.74) is 2.53. The van der Waals surface area contributed by atoms with Crippen LogP contribution in [0.2, 0.25) is 0 Å². The Balaban J connectivity index is 2.08. The van der Waals surface area contributed by atoms with Crippen molar-refractivity contribution in [1.82, 2.24) is 0 Å². The average Bonchev–Trinajstić information content (AvgIpc) is 2.40. The highest BCUT2D eigenvalue weighted by molar-refractivity contribution is 5.33. The number of non-ortho nitro benzene ring substituents is 1. The van der Waals surface area contributed by atoms with Crippen LogP contribution in [0.3, 0.4) is 0 Å². The Kier molecular flexibility index (Phi) is 3.90. The molecule has 1 aromatic heterocycles. The fraction of sp³-hybridized carbons (Fsp3) is 0.267. The molecule has 0 aliphatic rings. The number of hydrogen-bond donors (Lipinski definition) is 0. The Morgan fingerprint density at radius 2 is 1.74 bits per heavy atom. The summed E-state index contributed by atoms with van der Waals surface area (Å²) in [6.07, 6.45) is 4.94. The molecular weight excluding hydrogens is 240 g/mol. The van der Waals surface area contributed by atoms with Gasteiger partial charge in [0.05, 0.1) is 4.92 Å². The van der Waals surface area contributed by atoms with Crippen molar-refractivity contribution in [2.24, 2.45) is 7.05 Å². The van der Waals surface area contributed by atoms with Crippen LogP contribution in [-0.4, -0.2) is 4.92 Å². The number of benzene rings is 1.